The Bertz CT molecular complexity index is 862. The van der Waals surface area contributed by atoms with Crippen LogP contribution in [0.3, 0.4) is 0 Å². The van der Waals surface area contributed by atoms with Gasteiger partial charge < -0.3 is 10.6 Å². The molecule has 1 atom stereocenters. The molecule has 1 unspecified atom stereocenters. The van der Waals surface area contributed by atoms with E-state index in [4.69, 9.17) is 5.26 Å². The second-order valence-electron chi connectivity index (χ2n) is 6.28. The Morgan fingerprint density at radius 2 is 1.96 bits per heavy atom. The molecule has 0 saturated carbocycles. The number of fused-ring (bicyclic) bond motifs is 1. The summed E-state index contributed by atoms with van der Waals surface area (Å²) in [7, 11) is 1.60. The highest BCUT2D eigenvalue weighted by molar-refractivity contribution is 7.17. The molecule has 25 heavy (non-hydrogen) atoms. The number of thiophene rings is 1. The molecule has 128 valence electrons. The number of nitrogens with one attached hydrogen (secondary N) is 2. The lowest BCUT2D eigenvalue weighted by Crippen LogP contribution is -2.22. The fraction of sp³-hybridized carbons (Fsp3) is 0.316. The first-order valence-corrected chi connectivity index (χ1v) is 9.03. The Morgan fingerprint density at radius 1 is 1.24 bits per heavy atom. The molecule has 3 rings (SSSR count). The quantitative estimate of drug-likeness (QED) is 0.888. The van der Waals surface area contributed by atoms with Gasteiger partial charge >= 0.3 is 0 Å². The third-order valence-corrected chi connectivity index (χ3v) is 5.64. The maximum Gasteiger partial charge on any atom is 0.256 e. The molecule has 0 radical (unpaired) electrons. The number of carbonyl (C=O) groups is 2. The Labute approximate surface area is 150 Å². The first-order valence-electron chi connectivity index (χ1n) is 8.21. The van der Waals surface area contributed by atoms with Gasteiger partial charge in [0.1, 0.15) is 5.00 Å². The number of carbonyl (C=O) groups excluding carboxylic acids is 2. The lowest BCUT2D eigenvalue weighted by atomic mass is 9.88. The van der Waals surface area contributed by atoms with E-state index in [1.165, 1.54) is 16.2 Å². The van der Waals surface area contributed by atoms with Crippen molar-refractivity contribution in [3.63, 3.8) is 0 Å². The van der Waals surface area contributed by atoms with Gasteiger partial charge in [0.15, 0.2) is 0 Å². The summed E-state index contributed by atoms with van der Waals surface area (Å²) in [6.07, 6.45) is 2.86. The number of hydrogen-bond donors (Lipinski definition) is 2. The molecule has 0 bridgehead atoms. The number of anilines is 1. The number of benzene rings is 1. The van der Waals surface area contributed by atoms with Crippen molar-refractivity contribution in [2.75, 3.05) is 12.4 Å². The van der Waals surface area contributed by atoms with Crippen molar-refractivity contribution >= 4 is 28.2 Å². The van der Waals surface area contributed by atoms with E-state index in [9.17, 15) is 9.59 Å². The summed E-state index contributed by atoms with van der Waals surface area (Å²) in [6, 6.07) is 8.47. The minimum atomic E-state index is -0.277. The number of rotatable bonds is 3. The van der Waals surface area contributed by atoms with E-state index < -0.39 is 0 Å². The van der Waals surface area contributed by atoms with Gasteiger partial charge in [-0.25, -0.2) is 0 Å². The Morgan fingerprint density at radius 3 is 2.60 bits per heavy atom. The highest BCUT2D eigenvalue weighted by Crippen LogP contribution is 2.39. The summed E-state index contributed by atoms with van der Waals surface area (Å²) in [5.74, 6) is 0.147. The number of nitrogens with zero attached hydrogens (tertiary/aromatic N) is 1. The lowest BCUT2D eigenvalue weighted by Gasteiger charge is -2.18. The van der Waals surface area contributed by atoms with Crippen LogP contribution in [-0.4, -0.2) is 18.9 Å². The molecule has 1 heterocycles. The molecule has 2 amide bonds. The predicted molar refractivity (Wildman–Crippen MR) is 98.0 cm³/mol. The van der Waals surface area contributed by atoms with Crippen LogP contribution >= 0.6 is 11.3 Å². The fourth-order valence-electron chi connectivity index (χ4n) is 3.08. The molecule has 2 N–H and O–H groups in total. The maximum absolute atomic E-state index is 12.5. The largest absolute Gasteiger partial charge is 0.355 e. The molecule has 1 aliphatic carbocycles. The van der Waals surface area contributed by atoms with Crippen molar-refractivity contribution < 1.29 is 9.59 Å². The number of nitriles is 1. The smallest absolute Gasteiger partial charge is 0.256 e. The fourth-order valence-corrected chi connectivity index (χ4v) is 4.48. The van der Waals surface area contributed by atoms with Gasteiger partial charge in [-0.05, 0) is 55.0 Å². The van der Waals surface area contributed by atoms with Crippen LogP contribution in [0.2, 0.25) is 0 Å². The van der Waals surface area contributed by atoms with Gasteiger partial charge in [-0.1, -0.05) is 6.92 Å². The van der Waals surface area contributed by atoms with Crippen LogP contribution in [0, 0.1) is 17.2 Å². The van der Waals surface area contributed by atoms with Crippen LogP contribution in [-0.2, 0) is 12.8 Å². The minimum Gasteiger partial charge on any atom is -0.355 e. The maximum atomic E-state index is 12.5. The second kappa shape index (κ2) is 7.08. The molecular weight excluding hydrogens is 334 g/mol. The van der Waals surface area contributed by atoms with Crippen LogP contribution in [0.1, 0.15) is 50.1 Å². The summed E-state index contributed by atoms with van der Waals surface area (Å²) < 4.78 is 0. The molecule has 2 aromatic rings. The average Bonchev–Trinajstić information content (AvgIpc) is 2.97. The molecule has 5 nitrogen and oxygen atoms in total. The molecule has 0 fully saturated rings. The molecule has 0 aliphatic heterocycles. The van der Waals surface area contributed by atoms with E-state index in [0.29, 0.717) is 27.6 Å². The van der Waals surface area contributed by atoms with Crippen molar-refractivity contribution in [3.05, 3.63) is 51.4 Å². The predicted octanol–water partition coefficient (Wildman–Crippen LogP) is 3.36. The minimum absolute atomic E-state index is 0.165. The van der Waals surface area contributed by atoms with Gasteiger partial charge in [-0.15, -0.1) is 11.3 Å². The van der Waals surface area contributed by atoms with Gasteiger partial charge in [0.2, 0.25) is 0 Å². The van der Waals surface area contributed by atoms with Crippen molar-refractivity contribution in [1.29, 1.82) is 5.26 Å². The summed E-state index contributed by atoms with van der Waals surface area (Å²) in [5, 5.41) is 15.0. The first kappa shape index (κ1) is 17.2. The second-order valence-corrected chi connectivity index (χ2v) is 7.38. The third kappa shape index (κ3) is 3.42. The lowest BCUT2D eigenvalue weighted by molar-refractivity contribution is 0.0963. The van der Waals surface area contributed by atoms with E-state index >= 15 is 0 Å². The average molecular weight is 353 g/mol. The molecule has 0 saturated heterocycles. The molecule has 6 heteroatoms. The number of hydrogen-bond acceptors (Lipinski definition) is 4. The zero-order chi connectivity index (χ0) is 18.0. The molecule has 0 spiro atoms. The van der Waals surface area contributed by atoms with Crippen LogP contribution in [0.25, 0.3) is 0 Å². The van der Waals surface area contributed by atoms with Crippen molar-refractivity contribution in [2.45, 2.75) is 26.2 Å². The molecular formula is C19H19N3O2S. The van der Waals surface area contributed by atoms with Gasteiger partial charge in [-0.2, -0.15) is 5.26 Å². The van der Waals surface area contributed by atoms with Crippen molar-refractivity contribution in [2.24, 2.45) is 5.92 Å². The van der Waals surface area contributed by atoms with Crippen molar-refractivity contribution in [3.8, 4) is 6.07 Å². The van der Waals surface area contributed by atoms with Gasteiger partial charge in [0.25, 0.3) is 11.8 Å². The summed E-state index contributed by atoms with van der Waals surface area (Å²) in [6.45, 7) is 2.21. The van der Waals surface area contributed by atoms with E-state index in [2.05, 4.69) is 17.6 Å². The SMILES string of the molecule is CNC(=O)c1c(NC(=O)c2ccc(C#N)cc2)sc2c1CCC(C)C2. The van der Waals surface area contributed by atoms with Gasteiger partial charge in [-0.3, -0.25) is 9.59 Å². The van der Waals surface area contributed by atoms with E-state index in [1.807, 2.05) is 6.07 Å². The number of amides is 2. The summed E-state index contributed by atoms with van der Waals surface area (Å²) >= 11 is 1.49. The Hall–Kier alpha value is -2.65. The van der Waals surface area contributed by atoms with Crippen LogP contribution in [0.4, 0.5) is 5.00 Å². The van der Waals surface area contributed by atoms with E-state index in [0.717, 1.165) is 24.8 Å². The molecule has 1 aromatic carbocycles. The van der Waals surface area contributed by atoms with E-state index in [1.54, 1.807) is 31.3 Å². The van der Waals surface area contributed by atoms with Gasteiger partial charge in [0, 0.05) is 17.5 Å². The Balaban J connectivity index is 1.92. The zero-order valence-electron chi connectivity index (χ0n) is 14.2. The standard InChI is InChI=1S/C19H19N3O2S/c1-11-3-8-14-15(9-11)25-19(16(14)18(24)21-2)22-17(23)13-6-4-12(10-20)5-7-13/h4-7,11H,3,8-9H2,1-2H3,(H,21,24)(H,22,23). The highest BCUT2D eigenvalue weighted by Gasteiger charge is 2.28. The molecule has 1 aromatic heterocycles. The Kier molecular flexibility index (Phi) is 4.86. The normalized spacial score (nSPS) is 15.8. The third-order valence-electron chi connectivity index (χ3n) is 4.47. The summed E-state index contributed by atoms with van der Waals surface area (Å²) in [5.41, 5.74) is 2.62. The monoisotopic (exact) mass is 353 g/mol. The summed E-state index contributed by atoms with van der Waals surface area (Å²) in [4.78, 5) is 26.1. The van der Waals surface area contributed by atoms with Crippen LogP contribution in [0.15, 0.2) is 24.3 Å². The topological polar surface area (TPSA) is 82.0 Å². The van der Waals surface area contributed by atoms with Gasteiger partial charge in [0.05, 0.1) is 17.2 Å². The van der Waals surface area contributed by atoms with Crippen LogP contribution in [0.5, 0.6) is 0 Å². The highest BCUT2D eigenvalue weighted by atomic mass is 32.1. The first-order chi connectivity index (χ1) is 12.0. The molecule has 1 aliphatic rings. The zero-order valence-corrected chi connectivity index (χ0v) is 15.0. The van der Waals surface area contributed by atoms with Crippen LogP contribution < -0.4 is 10.6 Å². The van der Waals surface area contributed by atoms with Crippen molar-refractivity contribution in [1.82, 2.24) is 5.32 Å². The van der Waals surface area contributed by atoms with E-state index in [-0.39, 0.29) is 11.8 Å².